The zero-order chi connectivity index (χ0) is 29.7. The molecular weight excluding hydrogens is 541 g/mol. The van der Waals surface area contributed by atoms with E-state index in [0.717, 1.165) is 23.1 Å². The average molecular weight is 574 g/mol. The Morgan fingerprint density at radius 2 is 2.05 bits per heavy atom. The van der Waals surface area contributed by atoms with E-state index < -0.39 is 11.4 Å². The van der Waals surface area contributed by atoms with Gasteiger partial charge in [0.1, 0.15) is 22.7 Å². The van der Waals surface area contributed by atoms with Gasteiger partial charge in [-0.05, 0) is 32.3 Å². The van der Waals surface area contributed by atoms with E-state index in [2.05, 4.69) is 25.1 Å². The lowest BCUT2D eigenvalue weighted by Gasteiger charge is -2.29. The van der Waals surface area contributed by atoms with Crippen LogP contribution in [0.25, 0.3) is 44.1 Å². The first-order valence-electron chi connectivity index (χ1n) is 13.7. The molecule has 0 aliphatic carbocycles. The number of aromatic nitrogens is 4. The summed E-state index contributed by atoms with van der Waals surface area (Å²) in [6, 6.07) is 4.61. The van der Waals surface area contributed by atoms with Gasteiger partial charge in [0.05, 0.1) is 40.9 Å². The SMILES string of the molecule is CNc1cc(F)cc2c1[nH]c1ncc(-c3cnc4c(c3)c(=O)c(C(=O)O)cn4C)c(N3CCOCC(CN(C)C)C3)c12. The minimum absolute atomic E-state index is 0.188. The molecule has 1 aromatic carbocycles. The largest absolute Gasteiger partial charge is 0.477 e. The minimum Gasteiger partial charge on any atom is -0.477 e. The van der Waals surface area contributed by atoms with Crippen molar-refractivity contribution in [3.8, 4) is 11.1 Å². The highest BCUT2D eigenvalue weighted by Crippen LogP contribution is 2.42. The third-order valence-electron chi connectivity index (χ3n) is 7.77. The van der Waals surface area contributed by atoms with Crippen LogP contribution in [0.15, 0.2) is 41.6 Å². The second kappa shape index (κ2) is 10.7. The van der Waals surface area contributed by atoms with Crippen molar-refractivity contribution in [3.05, 3.63) is 58.4 Å². The Hall–Kier alpha value is -4.55. The Bertz CT molecular complexity index is 1920. The van der Waals surface area contributed by atoms with Gasteiger partial charge in [-0.1, -0.05) is 0 Å². The summed E-state index contributed by atoms with van der Waals surface area (Å²) >= 11 is 0. The molecule has 1 aliphatic heterocycles. The molecule has 1 unspecified atom stereocenters. The molecule has 5 aromatic rings. The Balaban J connectivity index is 1.66. The van der Waals surface area contributed by atoms with Gasteiger partial charge in [0.25, 0.3) is 0 Å². The molecule has 1 atom stereocenters. The van der Waals surface area contributed by atoms with Crippen LogP contribution in [0.4, 0.5) is 15.8 Å². The number of aromatic carboxylic acids is 1. The lowest BCUT2D eigenvalue weighted by Crippen LogP contribution is -2.35. The molecule has 3 N–H and O–H groups in total. The normalized spacial score (nSPS) is 16.0. The number of aromatic amines is 1. The highest BCUT2D eigenvalue weighted by molar-refractivity contribution is 6.17. The maximum atomic E-state index is 14.9. The number of nitrogens with one attached hydrogen (secondary N) is 2. The van der Waals surface area contributed by atoms with E-state index in [1.54, 1.807) is 32.6 Å². The second-order valence-corrected chi connectivity index (χ2v) is 11.0. The molecule has 42 heavy (non-hydrogen) atoms. The molecule has 0 radical (unpaired) electrons. The number of ether oxygens (including phenoxy) is 1. The predicted octanol–water partition coefficient (Wildman–Crippen LogP) is 3.52. The van der Waals surface area contributed by atoms with Crippen LogP contribution in [0, 0.1) is 11.7 Å². The molecule has 0 amide bonds. The number of anilines is 2. The number of rotatable bonds is 6. The topological polar surface area (TPSA) is 129 Å². The average Bonchev–Trinajstić information content (AvgIpc) is 3.17. The number of carbonyl (C=O) groups is 1. The molecule has 0 saturated carbocycles. The van der Waals surface area contributed by atoms with Crippen molar-refractivity contribution in [2.24, 2.45) is 13.0 Å². The summed E-state index contributed by atoms with van der Waals surface area (Å²) in [4.78, 5) is 42.0. The second-order valence-electron chi connectivity index (χ2n) is 11.0. The summed E-state index contributed by atoms with van der Waals surface area (Å²) in [7, 11) is 7.45. The van der Waals surface area contributed by atoms with Crippen LogP contribution in [0.1, 0.15) is 10.4 Å². The number of H-pyrrole nitrogens is 1. The van der Waals surface area contributed by atoms with Crippen LogP contribution in [-0.4, -0.2) is 89.5 Å². The first-order chi connectivity index (χ1) is 20.2. The maximum Gasteiger partial charge on any atom is 0.341 e. The fourth-order valence-corrected chi connectivity index (χ4v) is 6.02. The van der Waals surface area contributed by atoms with Gasteiger partial charge in [0.15, 0.2) is 0 Å². The summed E-state index contributed by atoms with van der Waals surface area (Å²) in [6.07, 6.45) is 4.67. The maximum absolute atomic E-state index is 14.9. The number of hydrogen-bond donors (Lipinski definition) is 3. The first kappa shape index (κ1) is 27.6. The molecule has 5 heterocycles. The number of hydrogen-bond acceptors (Lipinski definition) is 8. The molecule has 1 saturated heterocycles. The Labute approximate surface area is 240 Å². The fraction of sp³-hybridized carbons (Fsp3) is 0.333. The molecule has 6 rings (SSSR count). The molecule has 0 bridgehead atoms. The van der Waals surface area contributed by atoms with Crippen LogP contribution in [-0.2, 0) is 11.8 Å². The Kier molecular flexibility index (Phi) is 7.03. The zero-order valence-corrected chi connectivity index (χ0v) is 23.9. The van der Waals surface area contributed by atoms with E-state index in [0.29, 0.717) is 59.8 Å². The first-order valence-corrected chi connectivity index (χ1v) is 13.7. The standard InChI is InChI=1S/C30H32FN7O4/c1-32-23-9-18(31)8-19-24-26(38-5-6-42-15-16(13-38)12-36(2)3)21(11-33-28(24)35-25(19)23)17-7-20-27(39)22(30(40)41)14-37(4)29(20)34-10-17/h7-11,14,16,32H,5-6,12-13,15H2,1-4H3,(H,33,35)(H,40,41). The van der Waals surface area contributed by atoms with Gasteiger partial charge in [-0.25, -0.2) is 19.2 Å². The fourth-order valence-electron chi connectivity index (χ4n) is 6.02. The molecule has 1 fully saturated rings. The van der Waals surface area contributed by atoms with Gasteiger partial charge in [0, 0.05) is 74.8 Å². The summed E-state index contributed by atoms with van der Waals surface area (Å²) in [5.74, 6) is -1.48. The van der Waals surface area contributed by atoms with Crippen molar-refractivity contribution in [2.45, 2.75) is 0 Å². The third-order valence-corrected chi connectivity index (χ3v) is 7.77. The summed E-state index contributed by atoms with van der Waals surface area (Å²) < 4.78 is 22.4. The number of pyridine rings is 3. The number of benzene rings is 1. The van der Waals surface area contributed by atoms with E-state index in [9.17, 15) is 19.1 Å². The van der Waals surface area contributed by atoms with Gasteiger partial charge in [-0.15, -0.1) is 0 Å². The van der Waals surface area contributed by atoms with E-state index in [1.807, 2.05) is 14.1 Å². The lowest BCUT2D eigenvalue weighted by atomic mass is 10.00. The monoisotopic (exact) mass is 573 g/mol. The lowest BCUT2D eigenvalue weighted by molar-refractivity contribution is 0.0695. The molecule has 0 spiro atoms. The van der Waals surface area contributed by atoms with E-state index in [4.69, 9.17) is 9.72 Å². The predicted molar refractivity (Wildman–Crippen MR) is 161 cm³/mol. The van der Waals surface area contributed by atoms with Gasteiger partial charge in [-0.2, -0.15) is 0 Å². The highest BCUT2D eigenvalue weighted by Gasteiger charge is 2.27. The minimum atomic E-state index is -1.30. The molecule has 218 valence electrons. The summed E-state index contributed by atoms with van der Waals surface area (Å²) in [5, 5.41) is 14.3. The van der Waals surface area contributed by atoms with Gasteiger partial charge in [-0.3, -0.25) is 4.79 Å². The van der Waals surface area contributed by atoms with Crippen LogP contribution in [0.2, 0.25) is 0 Å². The Morgan fingerprint density at radius 3 is 2.79 bits per heavy atom. The number of fused-ring (bicyclic) bond motifs is 4. The molecule has 1 aliphatic rings. The summed E-state index contributed by atoms with van der Waals surface area (Å²) in [6.45, 7) is 3.19. The number of halogens is 1. The van der Waals surface area contributed by atoms with E-state index in [-0.39, 0.29) is 22.7 Å². The smallest absolute Gasteiger partial charge is 0.341 e. The molecular formula is C30H32FN7O4. The molecule has 11 nitrogen and oxygen atoms in total. The van der Waals surface area contributed by atoms with Crippen LogP contribution >= 0.6 is 0 Å². The number of carboxylic acids is 1. The van der Waals surface area contributed by atoms with Crippen LogP contribution in [0.3, 0.4) is 0 Å². The van der Waals surface area contributed by atoms with Crippen molar-refractivity contribution >= 4 is 50.3 Å². The third kappa shape index (κ3) is 4.72. The van der Waals surface area contributed by atoms with Crippen molar-refractivity contribution in [1.82, 2.24) is 24.4 Å². The molecule has 4 aromatic heterocycles. The van der Waals surface area contributed by atoms with E-state index in [1.165, 1.54) is 22.9 Å². The van der Waals surface area contributed by atoms with Gasteiger partial charge >= 0.3 is 5.97 Å². The van der Waals surface area contributed by atoms with E-state index >= 15 is 0 Å². The van der Waals surface area contributed by atoms with Crippen LogP contribution < -0.4 is 15.6 Å². The van der Waals surface area contributed by atoms with Crippen molar-refractivity contribution in [2.75, 3.05) is 64.2 Å². The summed E-state index contributed by atoms with van der Waals surface area (Å²) in [5.41, 5.74) is 3.47. The number of carboxylic acid groups (broad SMARTS) is 1. The van der Waals surface area contributed by atoms with Gasteiger partial charge < -0.3 is 34.5 Å². The van der Waals surface area contributed by atoms with Crippen molar-refractivity contribution < 1.29 is 19.0 Å². The number of aryl methyl sites for hydroxylation is 1. The van der Waals surface area contributed by atoms with Gasteiger partial charge in [0.2, 0.25) is 5.43 Å². The quantitative estimate of drug-likeness (QED) is 0.280. The zero-order valence-electron chi connectivity index (χ0n) is 23.9. The van der Waals surface area contributed by atoms with Crippen LogP contribution in [0.5, 0.6) is 0 Å². The highest BCUT2D eigenvalue weighted by atomic mass is 19.1. The molecule has 12 heteroatoms. The van der Waals surface area contributed by atoms with Crippen molar-refractivity contribution in [1.29, 1.82) is 0 Å². The Morgan fingerprint density at radius 1 is 1.24 bits per heavy atom. The van der Waals surface area contributed by atoms with Crippen molar-refractivity contribution in [3.63, 3.8) is 0 Å². The number of nitrogens with zero attached hydrogens (tertiary/aromatic N) is 5.